The minimum atomic E-state index is -0.201. The summed E-state index contributed by atoms with van der Waals surface area (Å²) < 4.78 is 2.87. The molecule has 2 heterocycles. The van der Waals surface area contributed by atoms with E-state index in [1.165, 1.54) is 4.68 Å². The molecule has 7 nitrogen and oxygen atoms in total. The third-order valence-corrected chi connectivity index (χ3v) is 3.89. The SMILES string of the molecule is Cc1[nH]c(=O)n(CCC(=O)n2nc(N)c3ccccc32)c1C. The fourth-order valence-electron chi connectivity index (χ4n) is 2.54. The Morgan fingerprint density at radius 2 is 2.05 bits per heavy atom. The van der Waals surface area contributed by atoms with Crippen LogP contribution in [-0.2, 0) is 6.54 Å². The molecule has 0 saturated heterocycles. The Bertz CT molecular complexity index is 916. The number of imidazole rings is 1. The number of hydrogen-bond donors (Lipinski definition) is 2. The number of nitrogens with two attached hydrogens (primary N) is 1. The summed E-state index contributed by atoms with van der Waals surface area (Å²) >= 11 is 0. The summed E-state index contributed by atoms with van der Waals surface area (Å²) in [5, 5.41) is 4.85. The van der Waals surface area contributed by atoms with Crippen molar-refractivity contribution < 1.29 is 4.79 Å². The van der Waals surface area contributed by atoms with Gasteiger partial charge in [0.05, 0.1) is 5.52 Å². The molecule has 3 rings (SSSR count). The number of aromatic amines is 1. The van der Waals surface area contributed by atoms with Crippen molar-refractivity contribution in [3.05, 3.63) is 46.1 Å². The number of nitrogens with one attached hydrogen (secondary N) is 1. The Hall–Kier alpha value is -2.83. The van der Waals surface area contributed by atoms with Gasteiger partial charge in [-0.05, 0) is 26.0 Å². The predicted octanol–water partition coefficient (Wildman–Crippen LogP) is 1.46. The Morgan fingerprint density at radius 3 is 2.73 bits per heavy atom. The van der Waals surface area contributed by atoms with Crippen molar-refractivity contribution in [3.8, 4) is 0 Å². The monoisotopic (exact) mass is 299 g/mol. The van der Waals surface area contributed by atoms with Gasteiger partial charge in [0.1, 0.15) is 0 Å². The van der Waals surface area contributed by atoms with Crippen LogP contribution < -0.4 is 11.4 Å². The smallest absolute Gasteiger partial charge is 0.325 e. The summed E-state index contributed by atoms with van der Waals surface area (Å²) in [6, 6.07) is 7.30. The summed E-state index contributed by atoms with van der Waals surface area (Å²) in [7, 11) is 0. The van der Waals surface area contributed by atoms with Crippen LogP contribution in [0.1, 0.15) is 22.6 Å². The fourth-order valence-corrected chi connectivity index (χ4v) is 2.54. The Labute approximate surface area is 126 Å². The van der Waals surface area contributed by atoms with E-state index >= 15 is 0 Å². The fraction of sp³-hybridized carbons (Fsp3) is 0.267. The highest BCUT2D eigenvalue weighted by molar-refractivity contribution is 5.96. The van der Waals surface area contributed by atoms with Crippen LogP contribution >= 0.6 is 0 Å². The van der Waals surface area contributed by atoms with E-state index in [9.17, 15) is 9.59 Å². The molecule has 0 aliphatic heterocycles. The van der Waals surface area contributed by atoms with Crippen LogP contribution in [0.3, 0.4) is 0 Å². The number of rotatable bonds is 3. The second-order valence-electron chi connectivity index (χ2n) is 5.25. The number of H-pyrrole nitrogens is 1. The van der Waals surface area contributed by atoms with Gasteiger partial charge in [-0.3, -0.25) is 9.36 Å². The normalized spacial score (nSPS) is 11.2. The molecule has 0 bridgehead atoms. The minimum absolute atomic E-state index is 0.170. The van der Waals surface area contributed by atoms with Crippen molar-refractivity contribution in [1.29, 1.82) is 0 Å². The lowest BCUT2D eigenvalue weighted by Gasteiger charge is -2.05. The van der Waals surface area contributed by atoms with Crippen molar-refractivity contribution in [2.45, 2.75) is 26.8 Å². The minimum Gasteiger partial charge on any atom is -0.382 e. The Kier molecular flexibility index (Phi) is 3.32. The lowest BCUT2D eigenvalue weighted by Crippen LogP contribution is -2.22. The average molecular weight is 299 g/mol. The molecule has 2 aromatic heterocycles. The van der Waals surface area contributed by atoms with E-state index in [1.54, 1.807) is 10.6 Å². The molecule has 0 spiro atoms. The van der Waals surface area contributed by atoms with Gasteiger partial charge < -0.3 is 10.7 Å². The second-order valence-corrected chi connectivity index (χ2v) is 5.25. The molecule has 0 amide bonds. The van der Waals surface area contributed by atoms with Crippen LogP contribution in [0.5, 0.6) is 0 Å². The van der Waals surface area contributed by atoms with E-state index in [1.807, 2.05) is 32.0 Å². The lowest BCUT2D eigenvalue weighted by atomic mass is 10.2. The molecule has 0 aliphatic carbocycles. The second kappa shape index (κ2) is 5.18. The van der Waals surface area contributed by atoms with Crippen molar-refractivity contribution in [3.63, 3.8) is 0 Å². The third kappa shape index (κ3) is 2.20. The first-order chi connectivity index (χ1) is 10.5. The number of carbonyl (C=O) groups is 1. The van der Waals surface area contributed by atoms with E-state index in [-0.39, 0.29) is 18.0 Å². The van der Waals surface area contributed by atoms with Gasteiger partial charge in [0.2, 0.25) is 5.91 Å². The highest BCUT2D eigenvalue weighted by Crippen LogP contribution is 2.20. The largest absolute Gasteiger partial charge is 0.382 e. The van der Waals surface area contributed by atoms with E-state index in [0.717, 1.165) is 16.8 Å². The average Bonchev–Trinajstić information content (AvgIpc) is 2.96. The summed E-state index contributed by atoms with van der Waals surface area (Å²) in [6.45, 7) is 3.98. The van der Waals surface area contributed by atoms with Crippen LogP contribution in [0.4, 0.5) is 5.82 Å². The summed E-state index contributed by atoms with van der Waals surface area (Å²) in [4.78, 5) is 26.9. The van der Waals surface area contributed by atoms with Gasteiger partial charge in [-0.15, -0.1) is 5.10 Å². The first kappa shape index (κ1) is 14.1. The van der Waals surface area contributed by atoms with Gasteiger partial charge in [-0.2, -0.15) is 4.68 Å². The zero-order chi connectivity index (χ0) is 15.9. The maximum Gasteiger partial charge on any atom is 0.325 e. The lowest BCUT2D eigenvalue weighted by molar-refractivity contribution is 0.0886. The van der Waals surface area contributed by atoms with Crippen molar-refractivity contribution in [1.82, 2.24) is 19.3 Å². The number of aromatic nitrogens is 4. The first-order valence-corrected chi connectivity index (χ1v) is 7.01. The number of hydrogen-bond acceptors (Lipinski definition) is 4. The molecule has 22 heavy (non-hydrogen) atoms. The Balaban J connectivity index is 1.87. The van der Waals surface area contributed by atoms with Crippen molar-refractivity contribution in [2.75, 3.05) is 5.73 Å². The molecule has 0 atom stereocenters. The maximum atomic E-state index is 12.4. The van der Waals surface area contributed by atoms with Crippen molar-refractivity contribution >= 4 is 22.6 Å². The van der Waals surface area contributed by atoms with Crippen LogP contribution in [0.2, 0.25) is 0 Å². The molecule has 1 aromatic carbocycles. The zero-order valence-electron chi connectivity index (χ0n) is 12.5. The van der Waals surface area contributed by atoms with Gasteiger partial charge in [0.25, 0.3) is 0 Å². The predicted molar refractivity (Wildman–Crippen MR) is 83.9 cm³/mol. The van der Waals surface area contributed by atoms with Crippen LogP contribution in [0.25, 0.3) is 10.9 Å². The number of nitrogens with zero attached hydrogens (tertiary/aromatic N) is 3. The number of fused-ring (bicyclic) bond motifs is 1. The molecule has 7 heteroatoms. The van der Waals surface area contributed by atoms with E-state index in [2.05, 4.69) is 10.1 Å². The highest BCUT2D eigenvalue weighted by atomic mass is 16.2. The zero-order valence-corrected chi connectivity index (χ0v) is 12.5. The number of benzene rings is 1. The quantitative estimate of drug-likeness (QED) is 0.764. The first-order valence-electron chi connectivity index (χ1n) is 7.01. The molecule has 0 fully saturated rings. The Morgan fingerprint density at radius 1 is 1.32 bits per heavy atom. The molecule has 0 saturated carbocycles. The molecular formula is C15H17N5O2. The number of aryl methyl sites for hydroxylation is 1. The highest BCUT2D eigenvalue weighted by Gasteiger charge is 2.15. The molecular weight excluding hydrogens is 282 g/mol. The molecule has 0 unspecified atom stereocenters. The standard InChI is InChI=1S/C15H17N5O2/c1-9-10(2)19(15(22)17-9)8-7-13(21)20-12-6-4-3-5-11(12)14(16)18-20/h3-6H,7-8H2,1-2H3,(H2,16,18)(H,17,22). The molecule has 3 N–H and O–H groups in total. The summed E-state index contributed by atoms with van der Waals surface area (Å²) in [5.41, 5.74) is 7.96. The number of carbonyl (C=O) groups excluding carboxylic acids is 1. The van der Waals surface area contributed by atoms with Gasteiger partial charge >= 0.3 is 5.69 Å². The van der Waals surface area contributed by atoms with E-state index < -0.39 is 0 Å². The van der Waals surface area contributed by atoms with Gasteiger partial charge in [0, 0.05) is 29.7 Å². The number of anilines is 1. The van der Waals surface area contributed by atoms with Crippen molar-refractivity contribution in [2.24, 2.45) is 0 Å². The molecule has 0 aliphatic rings. The van der Waals surface area contributed by atoms with Gasteiger partial charge in [0.15, 0.2) is 5.82 Å². The summed E-state index contributed by atoms with van der Waals surface area (Å²) in [5.74, 6) is 0.132. The molecule has 114 valence electrons. The maximum absolute atomic E-state index is 12.4. The van der Waals surface area contributed by atoms with Gasteiger partial charge in [-0.25, -0.2) is 4.79 Å². The third-order valence-electron chi connectivity index (χ3n) is 3.89. The molecule has 3 aromatic rings. The summed E-state index contributed by atoms with van der Waals surface area (Å²) in [6.07, 6.45) is 0.170. The van der Waals surface area contributed by atoms with Crippen LogP contribution in [0, 0.1) is 13.8 Å². The van der Waals surface area contributed by atoms with E-state index in [0.29, 0.717) is 17.9 Å². The number of para-hydroxylation sites is 1. The molecule has 0 radical (unpaired) electrons. The van der Waals surface area contributed by atoms with Gasteiger partial charge in [-0.1, -0.05) is 12.1 Å². The van der Waals surface area contributed by atoms with Crippen LogP contribution in [-0.4, -0.2) is 25.2 Å². The number of nitrogen functional groups attached to an aromatic ring is 1. The van der Waals surface area contributed by atoms with Crippen LogP contribution in [0.15, 0.2) is 29.1 Å². The van der Waals surface area contributed by atoms with E-state index in [4.69, 9.17) is 5.73 Å². The topological polar surface area (TPSA) is 98.7 Å².